The number of rotatable bonds is 2. The van der Waals surface area contributed by atoms with Gasteiger partial charge in [0.15, 0.2) is 0 Å². The third kappa shape index (κ3) is 1.81. The SMILES string of the molecule is Cc1ccc(C2CCCN2CN)cc1. The van der Waals surface area contributed by atoms with Crippen LogP contribution in [0, 0.1) is 6.92 Å². The van der Waals surface area contributed by atoms with Crippen LogP contribution >= 0.6 is 0 Å². The molecule has 2 rings (SSSR count). The number of hydrogen-bond donors (Lipinski definition) is 1. The second-order valence-electron chi connectivity index (χ2n) is 4.06. The third-order valence-electron chi connectivity index (χ3n) is 3.06. The van der Waals surface area contributed by atoms with Crippen molar-refractivity contribution in [2.75, 3.05) is 13.2 Å². The largest absolute Gasteiger partial charge is 0.318 e. The van der Waals surface area contributed by atoms with E-state index in [4.69, 9.17) is 5.73 Å². The molecule has 76 valence electrons. The molecule has 1 saturated heterocycles. The van der Waals surface area contributed by atoms with Crippen molar-refractivity contribution in [1.82, 2.24) is 4.90 Å². The van der Waals surface area contributed by atoms with Gasteiger partial charge in [-0.1, -0.05) is 29.8 Å². The summed E-state index contributed by atoms with van der Waals surface area (Å²) in [6.45, 7) is 3.95. The summed E-state index contributed by atoms with van der Waals surface area (Å²) in [5.41, 5.74) is 8.46. The van der Waals surface area contributed by atoms with Crippen molar-refractivity contribution in [3.05, 3.63) is 35.4 Å². The van der Waals surface area contributed by atoms with Crippen molar-refractivity contribution in [2.24, 2.45) is 5.73 Å². The van der Waals surface area contributed by atoms with Crippen LogP contribution < -0.4 is 5.73 Å². The lowest BCUT2D eigenvalue weighted by atomic mass is 10.0. The summed E-state index contributed by atoms with van der Waals surface area (Å²) in [7, 11) is 0. The highest BCUT2D eigenvalue weighted by molar-refractivity contribution is 5.24. The van der Waals surface area contributed by atoms with Gasteiger partial charge in [0.1, 0.15) is 0 Å². The second kappa shape index (κ2) is 4.11. The fourth-order valence-corrected chi connectivity index (χ4v) is 2.21. The Morgan fingerprint density at radius 2 is 2.07 bits per heavy atom. The lowest BCUT2D eigenvalue weighted by Crippen LogP contribution is -2.29. The van der Waals surface area contributed by atoms with Crippen LogP contribution in [-0.4, -0.2) is 18.1 Å². The monoisotopic (exact) mass is 190 g/mol. The number of hydrogen-bond acceptors (Lipinski definition) is 2. The smallest absolute Gasteiger partial charge is 0.0461 e. The minimum Gasteiger partial charge on any atom is -0.318 e. The minimum atomic E-state index is 0.556. The summed E-state index contributed by atoms with van der Waals surface area (Å²) in [5, 5.41) is 0. The van der Waals surface area contributed by atoms with Gasteiger partial charge in [0.2, 0.25) is 0 Å². The predicted molar refractivity (Wildman–Crippen MR) is 58.9 cm³/mol. The highest BCUT2D eigenvalue weighted by Crippen LogP contribution is 2.30. The zero-order valence-electron chi connectivity index (χ0n) is 8.74. The standard InChI is InChI=1S/C12H18N2/c1-10-4-6-11(7-5-10)12-3-2-8-14(12)9-13/h4-7,12H,2-3,8-9,13H2,1H3. The summed E-state index contributed by atoms with van der Waals surface area (Å²) in [6.07, 6.45) is 2.52. The van der Waals surface area contributed by atoms with E-state index in [1.165, 1.54) is 24.0 Å². The molecule has 0 aromatic heterocycles. The van der Waals surface area contributed by atoms with Crippen LogP contribution in [0.2, 0.25) is 0 Å². The number of nitrogens with zero attached hydrogens (tertiary/aromatic N) is 1. The van der Waals surface area contributed by atoms with E-state index in [-0.39, 0.29) is 0 Å². The van der Waals surface area contributed by atoms with Crippen LogP contribution in [0.15, 0.2) is 24.3 Å². The van der Waals surface area contributed by atoms with Gasteiger partial charge in [-0.25, -0.2) is 0 Å². The highest BCUT2D eigenvalue weighted by atomic mass is 15.2. The number of likely N-dealkylation sites (tertiary alicyclic amines) is 1. The van der Waals surface area contributed by atoms with Crippen molar-refractivity contribution in [2.45, 2.75) is 25.8 Å². The molecule has 1 aromatic carbocycles. The molecule has 1 fully saturated rings. The Kier molecular flexibility index (Phi) is 2.85. The highest BCUT2D eigenvalue weighted by Gasteiger charge is 2.24. The van der Waals surface area contributed by atoms with Crippen molar-refractivity contribution in [3.63, 3.8) is 0 Å². The first-order valence-corrected chi connectivity index (χ1v) is 5.32. The summed E-state index contributed by atoms with van der Waals surface area (Å²) >= 11 is 0. The van der Waals surface area contributed by atoms with Crippen LogP contribution in [-0.2, 0) is 0 Å². The van der Waals surface area contributed by atoms with Gasteiger partial charge >= 0.3 is 0 Å². The fraction of sp³-hybridized carbons (Fsp3) is 0.500. The van der Waals surface area contributed by atoms with Crippen LogP contribution in [0.1, 0.15) is 30.0 Å². The Hall–Kier alpha value is -0.860. The molecule has 0 spiro atoms. The van der Waals surface area contributed by atoms with Gasteiger partial charge in [-0.15, -0.1) is 0 Å². The topological polar surface area (TPSA) is 29.3 Å². The lowest BCUT2D eigenvalue weighted by molar-refractivity contribution is 0.265. The molecule has 1 aromatic rings. The average molecular weight is 190 g/mol. The van der Waals surface area contributed by atoms with Crippen molar-refractivity contribution in [1.29, 1.82) is 0 Å². The summed E-state index contributed by atoms with van der Waals surface area (Å²) in [4.78, 5) is 2.35. The van der Waals surface area contributed by atoms with E-state index in [1.807, 2.05) is 0 Å². The molecule has 0 bridgehead atoms. The Morgan fingerprint density at radius 1 is 1.36 bits per heavy atom. The van der Waals surface area contributed by atoms with Crippen LogP contribution in [0.3, 0.4) is 0 Å². The van der Waals surface area contributed by atoms with Crippen molar-refractivity contribution in [3.8, 4) is 0 Å². The molecule has 2 heteroatoms. The molecule has 1 aliphatic heterocycles. The van der Waals surface area contributed by atoms with Gasteiger partial charge < -0.3 is 5.73 Å². The first kappa shape index (κ1) is 9.69. The maximum absolute atomic E-state index is 5.72. The van der Waals surface area contributed by atoms with Crippen LogP contribution in [0.25, 0.3) is 0 Å². The first-order valence-electron chi connectivity index (χ1n) is 5.32. The number of benzene rings is 1. The van der Waals surface area contributed by atoms with E-state index in [9.17, 15) is 0 Å². The molecular formula is C12H18N2. The lowest BCUT2D eigenvalue weighted by Gasteiger charge is -2.22. The molecule has 0 amide bonds. The molecule has 0 radical (unpaired) electrons. The van der Waals surface area contributed by atoms with Crippen molar-refractivity contribution >= 4 is 0 Å². The molecule has 0 aliphatic carbocycles. The second-order valence-corrected chi connectivity index (χ2v) is 4.06. The van der Waals surface area contributed by atoms with Gasteiger partial charge in [0, 0.05) is 19.3 Å². The Labute approximate surface area is 85.7 Å². The molecule has 14 heavy (non-hydrogen) atoms. The Morgan fingerprint density at radius 3 is 2.71 bits per heavy atom. The number of nitrogens with two attached hydrogens (primary N) is 1. The van der Waals surface area contributed by atoms with Gasteiger partial charge in [-0.3, -0.25) is 4.90 Å². The molecule has 1 heterocycles. The maximum Gasteiger partial charge on any atom is 0.0461 e. The summed E-state index contributed by atoms with van der Waals surface area (Å²) < 4.78 is 0. The zero-order valence-corrected chi connectivity index (χ0v) is 8.74. The molecule has 1 unspecified atom stereocenters. The molecular weight excluding hydrogens is 172 g/mol. The molecule has 0 saturated carbocycles. The van der Waals surface area contributed by atoms with E-state index in [0.29, 0.717) is 12.7 Å². The molecule has 1 aliphatic rings. The Balaban J connectivity index is 2.17. The molecule has 2 N–H and O–H groups in total. The number of aryl methyl sites for hydroxylation is 1. The zero-order chi connectivity index (χ0) is 9.97. The van der Waals surface area contributed by atoms with Gasteiger partial charge in [0.25, 0.3) is 0 Å². The normalized spacial score (nSPS) is 22.9. The van der Waals surface area contributed by atoms with E-state index >= 15 is 0 Å². The van der Waals surface area contributed by atoms with Crippen LogP contribution in [0.4, 0.5) is 0 Å². The maximum atomic E-state index is 5.72. The van der Waals surface area contributed by atoms with Gasteiger partial charge in [-0.05, 0) is 25.3 Å². The quantitative estimate of drug-likeness (QED) is 0.773. The average Bonchev–Trinajstić information content (AvgIpc) is 2.67. The summed E-state index contributed by atoms with van der Waals surface area (Å²) in [5.74, 6) is 0. The van der Waals surface area contributed by atoms with E-state index in [0.717, 1.165) is 6.54 Å². The van der Waals surface area contributed by atoms with E-state index < -0.39 is 0 Å². The van der Waals surface area contributed by atoms with Crippen molar-refractivity contribution < 1.29 is 0 Å². The molecule has 1 atom stereocenters. The van der Waals surface area contributed by atoms with Gasteiger partial charge in [-0.2, -0.15) is 0 Å². The van der Waals surface area contributed by atoms with E-state index in [2.05, 4.69) is 36.1 Å². The van der Waals surface area contributed by atoms with E-state index in [1.54, 1.807) is 0 Å². The predicted octanol–water partition coefficient (Wildman–Crippen LogP) is 2.05. The fourth-order valence-electron chi connectivity index (χ4n) is 2.21. The summed E-state index contributed by atoms with van der Waals surface area (Å²) in [6, 6.07) is 9.38. The molecule has 2 nitrogen and oxygen atoms in total. The first-order chi connectivity index (χ1) is 6.81. The third-order valence-corrected chi connectivity index (χ3v) is 3.06. The Bertz CT molecular complexity index is 292. The van der Waals surface area contributed by atoms with Gasteiger partial charge in [0.05, 0.1) is 0 Å². The van der Waals surface area contributed by atoms with Crippen LogP contribution in [0.5, 0.6) is 0 Å². The minimum absolute atomic E-state index is 0.556.